The summed E-state index contributed by atoms with van der Waals surface area (Å²) >= 11 is 5.76. The fourth-order valence-corrected chi connectivity index (χ4v) is 1.49. The Morgan fingerprint density at radius 3 is 2.55 bits per heavy atom. The van der Waals surface area contributed by atoms with Crippen molar-refractivity contribution in [3.05, 3.63) is 29.3 Å². The van der Waals surface area contributed by atoms with Crippen LogP contribution >= 0.6 is 11.6 Å². The smallest absolute Gasteiger partial charge is 0.223 e. The number of amides is 1. The summed E-state index contributed by atoms with van der Waals surface area (Å²) in [6.07, 6.45) is 0.247. The Hall–Kier alpha value is -1.26. The van der Waals surface area contributed by atoms with Gasteiger partial charge < -0.3 is 15.2 Å². The summed E-state index contributed by atoms with van der Waals surface area (Å²) in [4.78, 5) is 11.6. The zero-order chi connectivity index (χ0) is 15.2. The van der Waals surface area contributed by atoms with Crippen LogP contribution in [0.3, 0.4) is 0 Å². The minimum atomic E-state index is -0.896. The second-order valence-electron chi connectivity index (χ2n) is 5.34. The summed E-state index contributed by atoms with van der Waals surface area (Å²) in [5.41, 5.74) is -0.896. The van der Waals surface area contributed by atoms with Gasteiger partial charge in [-0.1, -0.05) is 25.4 Å². The maximum atomic E-state index is 11.6. The lowest BCUT2D eigenvalue weighted by Crippen LogP contribution is -2.44. The third-order valence-corrected chi connectivity index (χ3v) is 3.55. The fraction of sp³-hybridized carbons (Fsp3) is 0.533. The van der Waals surface area contributed by atoms with Gasteiger partial charge in [0.15, 0.2) is 0 Å². The Bertz CT molecular complexity index is 429. The van der Waals surface area contributed by atoms with Crippen LogP contribution in [0.1, 0.15) is 27.2 Å². The molecule has 0 aliphatic rings. The average molecular weight is 300 g/mol. The van der Waals surface area contributed by atoms with Crippen LogP contribution in [0.25, 0.3) is 0 Å². The van der Waals surface area contributed by atoms with E-state index in [1.165, 1.54) is 0 Å². The van der Waals surface area contributed by atoms with Crippen molar-refractivity contribution in [2.24, 2.45) is 5.92 Å². The van der Waals surface area contributed by atoms with E-state index in [1.807, 2.05) is 13.8 Å². The van der Waals surface area contributed by atoms with Crippen molar-refractivity contribution in [2.75, 3.05) is 13.2 Å². The zero-order valence-electron chi connectivity index (χ0n) is 12.1. The molecule has 1 amide bonds. The monoisotopic (exact) mass is 299 g/mol. The third kappa shape index (κ3) is 5.80. The molecule has 0 saturated heterocycles. The number of carbonyl (C=O) groups is 1. The normalized spacial score (nSPS) is 13.9. The Morgan fingerprint density at radius 2 is 2.00 bits per heavy atom. The molecule has 5 heteroatoms. The van der Waals surface area contributed by atoms with Crippen molar-refractivity contribution in [1.29, 1.82) is 0 Å². The molecule has 20 heavy (non-hydrogen) atoms. The highest BCUT2D eigenvalue weighted by Gasteiger charge is 2.25. The Labute approximate surface area is 125 Å². The van der Waals surface area contributed by atoms with Gasteiger partial charge in [-0.15, -0.1) is 0 Å². The summed E-state index contributed by atoms with van der Waals surface area (Å²) in [5, 5.41) is 13.4. The Kier molecular flexibility index (Phi) is 6.30. The van der Waals surface area contributed by atoms with Crippen molar-refractivity contribution in [1.82, 2.24) is 5.32 Å². The van der Waals surface area contributed by atoms with Crippen molar-refractivity contribution in [3.63, 3.8) is 0 Å². The quantitative estimate of drug-likeness (QED) is 0.814. The molecule has 0 radical (unpaired) electrons. The second kappa shape index (κ2) is 7.50. The first-order valence-electron chi connectivity index (χ1n) is 6.68. The molecular weight excluding hydrogens is 278 g/mol. The summed E-state index contributed by atoms with van der Waals surface area (Å²) in [6.45, 7) is 6.06. The molecule has 0 fully saturated rings. The van der Waals surface area contributed by atoms with Gasteiger partial charge >= 0.3 is 0 Å². The number of rotatable bonds is 7. The van der Waals surface area contributed by atoms with Gasteiger partial charge in [-0.05, 0) is 37.1 Å². The molecular formula is C15H22ClNO3. The number of hydrogen-bond acceptors (Lipinski definition) is 3. The Balaban J connectivity index is 2.25. The first-order chi connectivity index (χ1) is 9.31. The first kappa shape index (κ1) is 16.8. The molecule has 0 aliphatic heterocycles. The van der Waals surface area contributed by atoms with Crippen molar-refractivity contribution in [2.45, 2.75) is 32.8 Å². The SMILES string of the molecule is CC(C)C(C)(O)CNC(=O)CCOc1ccc(Cl)cc1. The second-order valence-corrected chi connectivity index (χ2v) is 5.78. The third-order valence-electron chi connectivity index (χ3n) is 3.30. The molecule has 0 aliphatic carbocycles. The van der Waals surface area contributed by atoms with Gasteiger partial charge in [0.05, 0.1) is 18.6 Å². The molecule has 1 rings (SSSR count). The van der Waals surface area contributed by atoms with E-state index in [1.54, 1.807) is 31.2 Å². The highest BCUT2D eigenvalue weighted by Crippen LogP contribution is 2.16. The van der Waals surface area contributed by atoms with Crippen molar-refractivity contribution < 1.29 is 14.6 Å². The first-order valence-corrected chi connectivity index (χ1v) is 7.06. The summed E-state index contributed by atoms with van der Waals surface area (Å²) in [6, 6.07) is 6.97. The number of nitrogens with one attached hydrogen (secondary N) is 1. The molecule has 0 spiro atoms. The molecule has 0 heterocycles. The highest BCUT2D eigenvalue weighted by molar-refractivity contribution is 6.30. The van der Waals surface area contributed by atoms with E-state index in [-0.39, 0.29) is 31.4 Å². The lowest BCUT2D eigenvalue weighted by molar-refractivity contribution is -0.123. The van der Waals surface area contributed by atoms with E-state index in [0.29, 0.717) is 10.8 Å². The van der Waals surface area contributed by atoms with E-state index >= 15 is 0 Å². The van der Waals surface area contributed by atoms with E-state index in [2.05, 4.69) is 5.32 Å². The van der Waals surface area contributed by atoms with E-state index in [0.717, 1.165) is 0 Å². The van der Waals surface area contributed by atoms with Crippen LogP contribution in [0, 0.1) is 5.92 Å². The highest BCUT2D eigenvalue weighted by atomic mass is 35.5. The number of aliphatic hydroxyl groups is 1. The van der Waals surface area contributed by atoms with Gasteiger partial charge in [0.1, 0.15) is 5.75 Å². The molecule has 0 saturated carbocycles. The predicted molar refractivity (Wildman–Crippen MR) is 80.0 cm³/mol. The predicted octanol–water partition coefficient (Wildman–Crippen LogP) is 2.63. The molecule has 1 aromatic rings. The average Bonchev–Trinajstić information content (AvgIpc) is 2.39. The van der Waals surface area contributed by atoms with Crippen LogP contribution < -0.4 is 10.1 Å². The van der Waals surface area contributed by atoms with Crippen molar-refractivity contribution in [3.8, 4) is 5.75 Å². The number of hydrogen-bond donors (Lipinski definition) is 2. The van der Waals surface area contributed by atoms with Crippen LogP contribution in [-0.2, 0) is 4.79 Å². The van der Waals surface area contributed by atoms with Gasteiger partial charge in [0, 0.05) is 11.6 Å². The summed E-state index contributed by atoms with van der Waals surface area (Å²) in [7, 11) is 0. The standard InChI is InChI=1S/C15H22ClNO3/c1-11(2)15(3,19)10-17-14(18)8-9-20-13-6-4-12(16)5-7-13/h4-7,11,19H,8-10H2,1-3H3,(H,17,18). The van der Waals surface area contributed by atoms with Crippen LogP contribution in [0.4, 0.5) is 0 Å². The van der Waals surface area contributed by atoms with E-state index in [4.69, 9.17) is 16.3 Å². The Morgan fingerprint density at radius 1 is 1.40 bits per heavy atom. The number of ether oxygens (including phenoxy) is 1. The number of carbonyl (C=O) groups excluding carboxylic acids is 1. The summed E-state index contributed by atoms with van der Waals surface area (Å²) < 4.78 is 5.43. The minimum Gasteiger partial charge on any atom is -0.493 e. The van der Waals surface area contributed by atoms with Crippen LogP contribution in [-0.4, -0.2) is 29.8 Å². The molecule has 0 aromatic heterocycles. The lowest BCUT2D eigenvalue weighted by atomic mass is 9.92. The summed E-state index contributed by atoms with van der Waals surface area (Å²) in [5.74, 6) is 0.615. The lowest BCUT2D eigenvalue weighted by Gasteiger charge is -2.27. The maximum Gasteiger partial charge on any atom is 0.223 e. The maximum absolute atomic E-state index is 11.6. The molecule has 112 valence electrons. The zero-order valence-corrected chi connectivity index (χ0v) is 12.9. The van der Waals surface area contributed by atoms with Gasteiger partial charge in [0.2, 0.25) is 5.91 Å². The minimum absolute atomic E-state index is 0.0770. The van der Waals surface area contributed by atoms with E-state index in [9.17, 15) is 9.90 Å². The largest absolute Gasteiger partial charge is 0.493 e. The van der Waals surface area contributed by atoms with Gasteiger partial charge in [-0.2, -0.15) is 0 Å². The van der Waals surface area contributed by atoms with Crippen LogP contribution in [0.5, 0.6) is 5.75 Å². The molecule has 1 unspecified atom stereocenters. The number of benzene rings is 1. The molecule has 1 atom stereocenters. The molecule has 0 bridgehead atoms. The molecule has 4 nitrogen and oxygen atoms in total. The van der Waals surface area contributed by atoms with E-state index < -0.39 is 5.60 Å². The van der Waals surface area contributed by atoms with Gasteiger partial charge in [-0.3, -0.25) is 4.79 Å². The van der Waals surface area contributed by atoms with Crippen LogP contribution in [0.2, 0.25) is 5.02 Å². The molecule has 2 N–H and O–H groups in total. The molecule has 1 aromatic carbocycles. The van der Waals surface area contributed by atoms with Crippen molar-refractivity contribution >= 4 is 17.5 Å². The van der Waals surface area contributed by atoms with Gasteiger partial charge in [0.25, 0.3) is 0 Å². The van der Waals surface area contributed by atoms with Gasteiger partial charge in [-0.25, -0.2) is 0 Å². The van der Waals surface area contributed by atoms with Crippen LogP contribution in [0.15, 0.2) is 24.3 Å². The fourth-order valence-electron chi connectivity index (χ4n) is 1.36. The number of halogens is 1. The topological polar surface area (TPSA) is 58.6 Å².